The Balaban J connectivity index is 1.27. The fourth-order valence-electron chi connectivity index (χ4n) is 10.5. The van der Waals surface area contributed by atoms with E-state index in [2.05, 4.69) is 264 Å². The molecule has 0 saturated carbocycles. The predicted molar refractivity (Wildman–Crippen MR) is 270 cm³/mol. The number of para-hydroxylation sites is 4. The average Bonchev–Trinajstić information content (AvgIpc) is 3.89. The van der Waals surface area contributed by atoms with Gasteiger partial charge in [-0.25, -0.2) is 0 Å². The Labute approximate surface area is 368 Å². The van der Waals surface area contributed by atoms with Crippen LogP contribution in [0.2, 0.25) is 0 Å². The highest BCUT2D eigenvalue weighted by Gasteiger charge is 2.43. The summed E-state index contributed by atoms with van der Waals surface area (Å²) in [6.07, 6.45) is 0. The highest BCUT2D eigenvalue weighted by molar-refractivity contribution is 7.20. The van der Waals surface area contributed by atoms with E-state index in [1.54, 1.807) is 0 Å². The van der Waals surface area contributed by atoms with Crippen molar-refractivity contribution in [3.63, 3.8) is 0 Å². The Morgan fingerprint density at radius 3 is 1.38 bits per heavy atom. The van der Waals surface area contributed by atoms with Gasteiger partial charge in [0.1, 0.15) is 0 Å². The third-order valence-electron chi connectivity index (χ3n) is 13.1. The standard InChI is InChI=1S/C60H42N2Si/c1-6-23-43(24-7-1)48-33-16-19-37-52(48)61-54-39-21-18-35-51(54)59-56(61)42-41-55(58(59)44-25-8-2-9-26-44)62-53-38-20-17-34-49(53)50-36-22-40-57(60(50)62)63(45-27-10-3-11-28-45,46-29-12-4-13-30-46)47-31-14-5-15-32-47/h1-42H. The first-order valence-corrected chi connectivity index (χ1v) is 23.8. The molecule has 0 aliphatic rings. The van der Waals surface area contributed by atoms with Crippen molar-refractivity contribution in [2.75, 3.05) is 0 Å². The molecular formula is C60H42N2Si. The van der Waals surface area contributed by atoms with E-state index >= 15 is 0 Å². The highest BCUT2D eigenvalue weighted by atomic mass is 28.3. The molecule has 0 radical (unpaired) electrons. The van der Waals surface area contributed by atoms with Crippen LogP contribution >= 0.6 is 0 Å². The van der Waals surface area contributed by atoms with Crippen LogP contribution in [0.15, 0.2) is 255 Å². The van der Waals surface area contributed by atoms with E-state index in [0.29, 0.717) is 0 Å². The molecular weight excluding hydrogens is 777 g/mol. The average molecular weight is 819 g/mol. The van der Waals surface area contributed by atoms with Crippen LogP contribution < -0.4 is 20.7 Å². The maximum absolute atomic E-state index is 2.99. The first-order valence-electron chi connectivity index (χ1n) is 21.8. The monoisotopic (exact) mass is 818 g/mol. The van der Waals surface area contributed by atoms with E-state index in [-0.39, 0.29) is 0 Å². The van der Waals surface area contributed by atoms with Gasteiger partial charge in [-0.1, -0.05) is 224 Å². The van der Waals surface area contributed by atoms with Gasteiger partial charge >= 0.3 is 0 Å². The zero-order valence-corrected chi connectivity index (χ0v) is 35.6. The van der Waals surface area contributed by atoms with Crippen molar-refractivity contribution in [1.29, 1.82) is 0 Å². The maximum atomic E-state index is 2.61. The van der Waals surface area contributed by atoms with Crippen LogP contribution in [0.5, 0.6) is 0 Å². The molecule has 0 saturated heterocycles. The van der Waals surface area contributed by atoms with Gasteiger partial charge < -0.3 is 9.13 Å². The number of benzene rings is 10. The Kier molecular flexibility index (Phi) is 8.87. The second-order valence-electron chi connectivity index (χ2n) is 16.4. The molecule has 12 rings (SSSR count). The normalized spacial score (nSPS) is 11.8. The van der Waals surface area contributed by atoms with Gasteiger partial charge in [0.2, 0.25) is 0 Å². The van der Waals surface area contributed by atoms with Gasteiger partial charge in [-0.2, -0.15) is 0 Å². The molecule has 10 aromatic carbocycles. The number of hydrogen-bond acceptors (Lipinski definition) is 0. The molecule has 0 unspecified atom stereocenters. The molecule has 2 nitrogen and oxygen atoms in total. The molecule has 2 heterocycles. The van der Waals surface area contributed by atoms with Crippen LogP contribution in [0.1, 0.15) is 0 Å². The number of hydrogen-bond donors (Lipinski definition) is 0. The summed E-state index contributed by atoms with van der Waals surface area (Å²) in [7, 11) is -2.99. The third-order valence-corrected chi connectivity index (χ3v) is 17.9. The van der Waals surface area contributed by atoms with Crippen LogP contribution in [0.25, 0.3) is 77.2 Å². The van der Waals surface area contributed by atoms with Crippen molar-refractivity contribution in [3.8, 4) is 33.6 Å². The SMILES string of the molecule is c1ccc(-c2ccccc2-n2c3ccccc3c3c(-c4ccccc4)c(-n4c5ccccc5c5cccc([Si](c6ccccc6)(c6ccccc6)c6ccccc6)c54)ccc32)cc1. The van der Waals surface area contributed by atoms with Gasteiger partial charge in [0.05, 0.1) is 33.4 Å². The molecule has 0 aliphatic carbocycles. The number of rotatable bonds is 8. The lowest BCUT2D eigenvalue weighted by molar-refractivity contribution is 1.17. The molecule has 2 aromatic heterocycles. The van der Waals surface area contributed by atoms with E-state index < -0.39 is 8.07 Å². The third kappa shape index (κ3) is 5.71. The summed E-state index contributed by atoms with van der Waals surface area (Å²) in [5, 5.41) is 10.4. The number of aromatic nitrogens is 2. The topological polar surface area (TPSA) is 9.86 Å². The molecule has 0 fully saturated rings. The lowest BCUT2D eigenvalue weighted by Crippen LogP contribution is -2.75. The van der Waals surface area contributed by atoms with Crippen LogP contribution in [0.3, 0.4) is 0 Å². The summed E-state index contributed by atoms with van der Waals surface area (Å²) >= 11 is 0. The van der Waals surface area contributed by atoms with Gasteiger partial charge in [-0.3, -0.25) is 0 Å². The molecule has 0 amide bonds. The fraction of sp³-hybridized carbons (Fsp3) is 0. The minimum atomic E-state index is -2.99. The number of nitrogens with zero attached hydrogens (tertiary/aromatic N) is 2. The number of fused-ring (bicyclic) bond motifs is 6. The molecule has 3 heteroatoms. The second-order valence-corrected chi connectivity index (χ2v) is 20.1. The predicted octanol–water partition coefficient (Wildman–Crippen LogP) is 12.6. The first kappa shape index (κ1) is 36.8. The van der Waals surface area contributed by atoms with Crippen molar-refractivity contribution in [2.24, 2.45) is 0 Å². The molecule has 0 atom stereocenters. The Morgan fingerprint density at radius 1 is 0.286 bits per heavy atom. The van der Waals surface area contributed by atoms with Gasteiger partial charge in [-0.15, -0.1) is 0 Å². The van der Waals surface area contributed by atoms with E-state index in [4.69, 9.17) is 0 Å². The second kappa shape index (κ2) is 15.2. The molecule has 12 aromatic rings. The molecule has 0 aliphatic heterocycles. The lowest BCUT2D eigenvalue weighted by atomic mass is 9.97. The summed E-state index contributed by atoms with van der Waals surface area (Å²) in [5.41, 5.74) is 11.9. The van der Waals surface area contributed by atoms with Crippen molar-refractivity contribution in [2.45, 2.75) is 0 Å². The van der Waals surface area contributed by atoms with Gasteiger partial charge in [0.15, 0.2) is 8.07 Å². The summed E-state index contributed by atoms with van der Waals surface area (Å²) in [6.45, 7) is 0. The summed E-state index contributed by atoms with van der Waals surface area (Å²) < 4.78 is 5.10. The maximum Gasteiger partial charge on any atom is 0.181 e. The van der Waals surface area contributed by atoms with Crippen LogP contribution in [-0.4, -0.2) is 17.2 Å². The van der Waals surface area contributed by atoms with Crippen molar-refractivity contribution < 1.29 is 0 Å². The van der Waals surface area contributed by atoms with Gasteiger partial charge in [0, 0.05) is 32.7 Å². The molecule has 63 heavy (non-hydrogen) atoms. The van der Waals surface area contributed by atoms with Crippen molar-refractivity contribution in [1.82, 2.24) is 9.13 Å². The van der Waals surface area contributed by atoms with E-state index in [1.807, 2.05) is 0 Å². The molecule has 0 N–H and O–H groups in total. The minimum absolute atomic E-state index is 1.16. The molecule has 296 valence electrons. The van der Waals surface area contributed by atoms with Crippen molar-refractivity contribution >= 4 is 72.4 Å². The molecule has 0 spiro atoms. The Morgan fingerprint density at radius 2 is 0.762 bits per heavy atom. The summed E-state index contributed by atoms with van der Waals surface area (Å²) in [4.78, 5) is 0. The van der Waals surface area contributed by atoms with Crippen LogP contribution in [0, 0.1) is 0 Å². The quantitative estimate of drug-likeness (QED) is 0.107. The zero-order chi connectivity index (χ0) is 41.7. The molecule has 0 bridgehead atoms. The smallest absolute Gasteiger partial charge is 0.181 e. The highest BCUT2D eigenvalue weighted by Crippen LogP contribution is 2.45. The summed E-state index contributed by atoms with van der Waals surface area (Å²) in [5.74, 6) is 0. The van der Waals surface area contributed by atoms with Crippen molar-refractivity contribution in [3.05, 3.63) is 255 Å². The Bertz CT molecular complexity index is 3500. The van der Waals surface area contributed by atoms with E-state index in [1.165, 1.54) is 86.6 Å². The Hall–Kier alpha value is -7.98. The largest absolute Gasteiger partial charge is 0.309 e. The van der Waals surface area contributed by atoms with E-state index in [0.717, 1.165) is 11.4 Å². The van der Waals surface area contributed by atoms with E-state index in [9.17, 15) is 0 Å². The minimum Gasteiger partial charge on any atom is -0.309 e. The first-order chi connectivity index (χ1) is 31.3. The van der Waals surface area contributed by atoms with Gasteiger partial charge in [-0.05, 0) is 62.2 Å². The summed E-state index contributed by atoms with van der Waals surface area (Å²) in [6, 6.07) is 94.3. The van der Waals surface area contributed by atoms with Crippen LogP contribution in [-0.2, 0) is 0 Å². The van der Waals surface area contributed by atoms with Gasteiger partial charge in [0.25, 0.3) is 0 Å². The fourth-order valence-corrected chi connectivity index (χ4v) is 15.5. The lowest BCUT2D eigenvalue weighted by Gasteiger charge is -2.35. The van der Waals surface area contributed by atoms with Crippen LogP contribution in [0.4, 0.5) is 0 Å². The zero-order valence-electron chi connectivity index (χ0n) is 34.6.